The summed E-state index contributed by atoms with van der Waals surface area (Å²) in [5.74, 6) is 0.655. The summed E-state index contributed by atoms with van der Waals surface area (Å²) in [6, 6.07) is 29.2. The molecule has 0 aliphatic carbocycles. The lowest BCUT2D eigenvalue weighted by Gasteiger charge is -2.19. The highest BCUT2D eigenvalue weighted by Gasteiger charge is 2.14. The fraction of sp³-hybridized carbons (Fsp3) is 0.125. The predicted molar refractivity (Wildman–Crippen MR) is 108 cm³/mol. The van der Waals surface area contributed by atoms with Crippen LogP contribution in [-0.4, -0.2) is 4.98 Å². The van der Waals surface area contributed by atoms with Crippen LogP contribution in [0, 0.1) is 6.92 Å². The molecule has 0 spiro atoms. The summed E-state index contributed by atoms with van der Waals surface area (Å²) in [6.45, 7) is 2.70. The number of aromatic nitrogens is 1. The van der Waals surface area contributed by atoms with Gasteiger partial charge in [0.25, 0.3) is 0 Å². The fourth-order valence-corrected chi connectivity index (χ4v) is 3.14. The highest BCUT2D eigenvalue weighted by atomic mass is 16.3. The third-order valence-corrected chi connectivity index (χ3v) is 4.60. The third-order valence-electron chi connectivity index (χ3n) is 4.60. The molecule has 0 amide bonds. The number of nitrogens with one attached hydrogen (secondary N) is 1. The summed E-state index contributed by atoms with van der Waals surface area (Å²) >= 11 is 0. The van der Waals surface area contributed by atoms with Crippen molar-refractivity contribution >= 4 is 0 Å². The topological polar surface area (TPSA) is 38.1 Å². The van der Waals surface area contributed by atoms with E-state index in [1.807, 2.05) is 24.3 Å². The molecule has 0 atom stereocenters. The van der Waals surface area contributed by atoms with E-state index in [0.717, 1.165) is 11.3 Å². The molecular formula is C24H22N2O. The molecule has 0 fully saturated rings. The Balaban J connectivity index is 1.52. The van der Waals surface area contributed by atoms with Crippen LogP contribution in [0.25, 0.3) is 11.5 Å². The summed E-state index contributed by atoms with van der Waals surface area (Å²) in [5.41, 5.74) is 5.56. The van der Waals surface area contributed by atoms with Gasteiger partial charge in [0.2, 0.25) is 5.89 Å². The highest BCUT2D eigenvalue weighted by Crippen LogP contribution is 2.23. The Kier molecular flexibility index (Phi) is 5.13. The average Bonchev–Trinajstić information content (AvgIpc) is 3.19. The summed E-state index contributed by atoms with van der Waals surface area (Å²) in [5, 5.41) is 3.62. The molecule has 3 heteroatoms. The Bertz CT molecular complexity index is 936. The molecule has 0 aliphatic heterocycles. The van der Waals surface area contributed by atoms with Crippen LogP contribution in [0.15, 0.2) is 95.6 Å². The van der Waals surface area contributed by atoms with Crippen LogP contribution in [0.5, 0.6) is 0 Å². The van der Waals surface area contributed by atoms with Gasteiger partial charge in [-0.1, -0.05) is 78.4 Å². The first-order valence-corrected chi connectivity index (χ1v) is 9.14. The van der Waals surface area contributed by atoms with E-state index in [1.54, 1.807) is 6.26 Å². The van der Waals surface area contributed by atoms with Gasteiger partial charge in [0.1, 0.15) is 6.26 Å². The molecule has 0 radical (unpaired) electrons. The van der Waals surface area contributed by atoms with E-state index in [-0.39, 0.29) is 6.04 Å². The monoisotopic (exact) mass is 354 g/mol. The number of benzene rings is 3. The van der Waals surface area contributed by atoms with Crippen molar-refractivity contribution in [2.45, 2.75) is 19.5 Å². The van der Waals surface area contributed by atoms with Crippen LogP contribution in [0.1, 0.15) is 28.4 Å². The van der Waals surface area contributed by atoms with Gasteiger partial charge >= 0.3 is 0 Å². The first-order chi connectivity index (χ1) is 13.3. The number of aryl methyl sites for hydroxylation is 1. The van der Waals surface area contributed by atoms with E-state index >= 15 is 0 Å². The first kappa shape index (κ1) is 17.3. The predicted octanol–water partition coefficient (Wildman–Crippen LogP) is 5.53. The van der Waals surface area contributed by atoms with Crippen LogP contribution in [0.4, 0.5) is 0 Å². The van der Waals surface area contributed by atoms with E-state index in [9.17, 15) is 0 Å². The van der Waals surface area contributed by atoms with Gasteiger partial charge in [-0.05, 0) is 30.2 Å². The molecule has 1 heterocycles. The normalized spacial score (nSPS) is 11.0. The van der Waals surface area contributed by atoms with Crippen molar-refractivity contribution in [1.82, 2.24) is 10.3 Å². The van der Waals surface area contributed by atoms with E-state index in [2.05, 4.69) is 77.9 Å². The van der Waals surface area contributed by atoms with Crippen molar-refractivity contribution in [1.29, 1.82) is 0 Å². The van der Waals surface area contributed by atoms with Gasteiger partial charge in [0.15, 0.2) is 0 Å². The second-order valence-electron chi connectivity index (χ2n) is 6.65. The molecule has 27 heavy (non-hydrogen) atoms. The smallest absolute Gasteiger partial charge is 0.226 e. The Morgan fingerprint density at radius 1 is 0.815 bits per heavy atom. The minimum atomic E-state index is 0.104. The van der Waals surface area contributed by atoms with Crippen molar-refractivity contribution in [3.8, 4) is 11.5 Å². The molecule has 3 aromatic carbocycles. The lowest BCUT2D eigenvalue weighted by Crippen LogP contribution is -2.22. The van der Waals surface area contributed by atoms with E-state index in [1.165, 1.54) is 16.7 Å². The molecular weight excluding hydrogens is 332 g/mol. The molecule has 134 valence electrons. The van der Waals surface area contributed by atoms with Crippen LogP contribution in [-0.2, 0) is 6.54 Å². The number of rotatable bonds is 6. The first-order valence-electron chi connectivity index (χ1n) is 9.14. The molecule has 0 unspecified atom stereocenters. The Hall–Kier alpha value is -3.17. The van der Waals surface area contributed by atoms with Crippen molar-refractivity contribution in [2.24, 2.45) is 0 Å². The molecule has 4 rings (SSSR count). The van der Waals surface area contributed by atoms with Gasteiger partial charge in [-0.25, -0.2) is 4.98 Å². The molecule has 0 saturated heterocycles. The second-order valence-corrected chi connectivity index (χ2v) is 6.65. The SMILES string of the molecule is Cc1ccc(-c2nc(CNC(c3ccccc3)c3ccccc3)co2)cc1. The summed E-state index contributed by atoms with van der Waals surface area (Å²) in [4.78, 5) is 4.64. The quantitative estimate of drug-likeness (QED) is 0.495. The highest BCUT2D eigenvalue weighted by molar-refractivity contribution is 5.53. The zero-order valence-corrected chi connectivity index (χ0v) is 15.3. The maximum Gasteiger partial charge on any atom is 0.226 e. The Morgan fingerprint density at radius 3 is 2.00 bits per heavy atom. The number of oxazole rings is 1. The number of hydrogen-bond donors (Lipinski definition) is 1. The summed E-state index contributed by atoms with van der Waals surface area (Å²) in [7, 11) is 0. The summed E-state index contributed by atoms with van der Waals surface area (Å²) < 4.78 is 5.68. The Labute approximate surface area is 159 Å². The van der Waals surface area contributed by atoms with E-state index < -0.39 is 0 Å². The number of nitrogens with zero attached hydrogens (tertiary/aromatic N) is 1. The van der Waals surface area contributed by atoms with Crippen LogP contribution in [0.2, 0.25) is 0 Å². The lowest BCUT2D eigenvalue weighted by molar-refractivity contribution is 0.564. The largest absolute Gasteiger partial charge is 0.444 e. The van der Waals surface area contributed by atoms with Gasteiger partial charge in [-0.2, -0.15) is 0 Å². The average molecular weight is 354 g/mol. The van der Waals surface area contributed by atoms with Crippen LogP contribution >= 0.6 is 0 Å². The zero-order chi connectivity index (χ0) is 18.5. The van der Waals surface area contributed by atoms with Gasteiger partial charge in [0.05, 0.1) is 11.7 Å². The number of hydrogen-bond acceptors (Lipinski definition) is 3. The van der Waals surface area contributed by atoms with Gasteiger partial charge in [-0.15, -0.1) is 0 Å². The third kappa shape index (κ3) is 4.15. The maximum absolute atomic E-state index is 5.68. The lowest BCUT2D eigenvalue weighted by atomic mass is 9.99. The van der Waals surface area contributed by atoms with Gasteiger partial charge < -0.3 is 9.73 Å². The van der Waals surface area contributed by atoms with E-state index in [4.69, 9.17) is 4.42 Å². The van der Waals surface area contributed by atoms with Crippen LogP contribution < -0.4 is 5.32 Å². The van der Waals surface area contributed by atoms with Gasteiger partial charge in [-0.3, -0.25) is 0 Å². The fourth-order valence-electron chi connectivity index (χ4n) is 3.14. The zero-order valence-electron chi connectivity index (χ0n) is 15.3. The van der Waals surface area contributed by atoms with Crippen molar-refractivity contribution < 1.29 is 4.42 Å². The molecule has 1 N–H and O–H groups in total. The van der Waals surface area contributed by atoms with Crippen molar-refractivity contribution in [2.75, 3.05) is 0 Å². The summed E-state index contributed by atoms with van der Waals surface area (Å²) in [6.07, 6.45) is 1.73. The molecule has 1 aromatic heterocycles. The molecule has 0 bridgehead atoms. The van der Waals surface area contributed by atoms with E-state index in [0.29, 0.717) is 12.4 Å². The van der Waals surface area contributed by atoms with Crippen molar-refractivity contribution in [3.63, 3.8) is 0 Å². The second kappa shape index (κ2) is 8.02. The standard InChI is InChI=1S/C24H22N2O/c1-18-12-14-21(15-13-18)24-26-22(17-27-24)16-25-23(19-8-4-2-5-9-19)20-10-6-3-7-11-20/h2-15,17,23,25H,16H2,1H3. The van der Waals surface area contributed by atoms with Crippen molar-refractivity contribution in [3.05, 3.63) is 114 Å². The maximum atomic E-state index is 5.68. The molecule has 0 aliphatic rings. The minimum absolute atomic E-state index is 0.104. The van der Waals surface area contributed by atoms with Gasteiger partial charge in [0, 0.05) is 12.1 Å². The minimum Gasteiger partial charge on any atom is -0.444 e. The molecule has 0 saturated carbocycles. The Morgan fingerprint density at radius 2 is 1.41 bits per heavy atom. The molecule has 4 aromatic rings. The molecule has 3 nitrogen and oxygen atoms in total. The van der Waals surface area contributed by atoms with Crippen LogP contribution in [0.3, 0.4) is 0 Å².